The van der Waals surface area contributed by atoms with Crippen LogP contribution < -0.4 is 4.74 Å². The van der Waals surface area contributed by atoms with Crippen LogP contribution in [-0.4, -0.2) is 50.0 Å². The molecule has 0 aliphatic carbocycles. The van der Waals surface area contributed by atoms with E-state index in [2.05, 4.69) is 0 Å². The number of likely N-dealkylation sites (tertiary alicyclic amines) is 1. The molecular formula is C18H25NO4. The number of piperidine rings is 1. The Morgan fingerprint density at radius 2 is 1.78 bits per heavy atom. The maximum absolute atomic E-state index is 12.4. The van der Waals surface area contributed by atoms with Crippen LogP contribution >= 0.6 is 0 Å². The molecular weight excluding hydrogens is 294 g/mol. The van der Waals surface area contributed by atoms with E-state index >= 15 is 0 Å². The molecule has 2 aliphatic heterocycles. The topological polar surface area (TPSA) is 48.0 Å². The lowest BCUT2D eigenvalue weighted by atomic mass is 9.96. The maximum atomic E-state index is 12.4. The van der Waals surface area contributed by atoms with Gasteiger partial charge in [-0.05, 0) is 37.8 Å². The van der Waals surface area contributed by atoms with Crippen molar-refractivity contribution in [2.75, 3.05) is 32.9 Å². The molecule has 0 spiro atoms. The third-order valence-corrected chi connectivity index (χ3v) is 4.67. The molecule has 23 heavy (non-hydrogen) atoms. The van der Waals surface area contributed by atoms with Crippen molar-refractivity contribution in [3.05, 3.63) is 29.3 Å². The van der Waals surface area contributed by atoms with Gasteiger partial charge in [-0.2, -0.15) is 0 Å². The number of aryl methyl sites for hydroxylation is 2. The fourth-order valence-electron chi connectivity index (χ4n) is 3.32. The highest BCUT2D eigenvalue weighted by Crippen LogP contribution is 2.26. The largest absolute Gasteiger partial charge is 0.483 e. The van der Waals surface area contributed by atoms with E-state index in [0.29, 0.717) is 19.1 Å². The predicted octanol–water partition coefficient (Wildman–Crippen LogP) is 2.29. The fourth-order valence-corrected chi connectivity index (χ4v) is 3.32. The quantitative estimate of drug-likeness (QED) is 0.854. The number of hydrogen-bond donors (Lipinski definition) is 0. The summed E-state index contributed by atoms with van der Waals surface area (Å²) in [5.41, 5.74) is 2.12. The van der Waals surface area contributed by atoms with Gasteiger partial charge in [0.2, 0.25) is 0 Å². The first-order valence-corrected chi connectivity index (χ1v) is 8.35. The zero-order chi connectivity index (χ0) is 16.2. The number of nitrogens with zero attached hydrogens (tertiary/aromatic N) is 1. The van der Waals surface area contributed by atoms with Crippen LogP contribution in [0.2, 0.25) is 0 Å². The molecule has 1 aromatic carbocycles. The van der Waals surface area contributed by atoms with Gasteiger partial charge in [0.1, 0.15) is 5.75 Å². The Hall–Kier alpha value is -1.59. The first kappa shape index (κ1) is 16.3. The molecule has 0 bridgehead atoms. The summed E-state index contributed by atoms with van der Waals surface area (Å²) in [5.74, 6) is 1.28. The number of ether oxygens (including phenoxy) is 3. The van der Waals surface area contributed by atoms with Crippen molar-refractivity contribution < 1.29 is 19.0 Å². The Kier molecular flexibility index (Phi) is 5.18. The second kappa shape index (κ2) is 7.32. The van der Waals surface area contributed by atoms with E-state index in [0.717, 1.165) is 42.8 Å². The van der Waals surface area contributed by atoms with Gasteiger partial charge in [0.15, 0.2) is 12.9 Å². The SMILES string of the molecule is Cc1cccc(C)c1OCC(=O)N1CCC(C2OCCO2)CC1. The molecule has 1 amide bonds. The zero-order valence-electron chi connectivity index (χ0n) is 13.9. The summed E-state index contributed by atoms with van der Waals surface area (Å²) >= 11 is 0. The van der Waals surface area contributed by atoms with Crippen LogP contribution in [0, 0.1) is 19.8 Å². The molecule has 1 aromatic rings. The van der Waals surface area contributed by atoms with E-state index in [1.807, 2.05) is 36.9 Å². The normalized spacial score (nSPS) is 20.0. The predicted molar refractivity (Wildman–Crippen MR) is 86.4 cm³/mol. The molecule has 0 unspecified atom stereocenters. The van der Waals surface area contributed by atoms with Crippen molar-refractivity contribution in [3.8, 4) is 5.75 Å². The van der Waals surface area contributed by atoms with Crippen LogP contribution in [0.4, 0.5) is 0 Å². The molecule has 0 aromatic heterocycles. The van der Waals surface area contributed by atoms with Gasteiger partial charge in [0, 0.05) is 19.0 Å². The number of hydrogen-bond acceptors (Lipinski definition) is 4. The van der Waals surface area contributed by atoms with Gasteiger partial charge in [-0.25, -0.2) is 0 Å². The van der Waals surface area contributed by atoms with Gasteiger partial charge >= 0.3 is 0 Å². The second-order valence-electron chi connectivity index (χ2n) is 6.34. The lowest BCUT2D eigenvalue weighted by Crippen LogP contribution is -2.43. The Morgan fingerprint density at radius 1 is 1.17 bits per heavy atom. The molecule has 5 heteroatoms. The highest BCUT2D eigenvalue weighted by molar-refractivity contribution is 5.78. The van der Waals surface area contributed by atoms with Gasteiger partial charge < -0.3 is 19.1 Å². The average molecular weight is 319 g/mol. The molecule has 2 aliphatic rings. The maximum Gasteiger partial charge on any atom is 0.260 e. The van der Waals surface area contributed by atoms with Gasteiger partial charge in [-0.15, -0.1) is 0 Å². The summed E-state index contributed by atoms with van der Waals surface area (Å²) in [7, 11) is 0. The number of benzene rings is 1. The monoisotopic (exact) mass is 319 g/mol. The molecule has 5 nitrogen and oxygen atoms in total. The van der Waals surface area contributed by atoms with E-state index in [-0.39, 0.29) is 18.8 Å². The van der Waals surface area contributed by atoms with Crippen molar-refractivity contribution in [1.29, 1.82) is 0 Å². The smallest absolute Gasteiger partial charge is 0.260 e. The molecule has 0 radical (unpaired) electrons. The van der Waals surface area contributed by atoms with E-state index in [9.17, 15) is 4.79 Å². The first-order valence-electron chi connectivity index (χ1n) is 8.35. The molecule has 0 saturated carbocycles. The lowest BCUT2D eigenvalue weighted by Gasteiger charge is -2.33. The lowest BCUT2D eigenvalue weighted by molar-refractivity contribution is -0.138. The molecule has 0 atom stereocenters. The van der Waals surface area contributed by atoms with Crippen LogP contribution in [0.1, 0.15) is 24.0 Å². The Morgan fingerprint density at radius 3 is 2.39 bits per heavy atom. The minimum atomic E-state index is -0.0712. The Labute approximate surface area is 137 Å². The third-order valence-electron chi connectivity index (χ3n) is 4.67. The summed E-state index contributed by atoms with van der Waals surface area (Å²) in [6.07, 6.45) is 1.79. The number of carbonyl (C=O) groups is 1. The van der Waals surface area contributed by atoms with Crippen LogP contribution in [0.15, 0.2) is 18.2 Å². The van der Waals surface area contributed by atoms with E-state index in [4.69, 9.17) is 14.2 Å². The summed E-state index contributed by atoms with van der Waals surface area (Å²) in [6.45, 7) is 6.99. The van der Waals surface area contributed by atoms with E-state index in [1.54, 1.807) is 0 Å². The minimum Gasteiger partial charge on any atom is -0.483 e. The average Bonchev–Trinajstić information content (AvgIpc) is 3.09. The number of amides is 1. The second-order valence-corrected chi connectivity index (χ2v) is 6.34. The van der Waals surface area contributed by atoms with Crippen LogP contribution in [0.3, 0.4) is 0 Å². The molecule has 2 fully saturated rings. The minimum absolute atomic E-state index is 0.0550. The van der Waals surface area contributed by atoms with Crippen LogP contribution in [0.5, 0.6) is 5.75 Å². The number of rotatable bonds is 4. The van der Waals surface area contributed by atoms with Crippen molar-refractivity contribution in [3.63, 3.8) is 0 Å². The van der Waals surface area contributed by atoms with Gasteiger partial charge in [-0.1, -0.05) is 18.2 Å². The zero-order valence-corrected chi connectivity index (χ0v) is 13.9. The van der Waals surface area contributed by atoms with Crippen LogP contribution in [0.25, 0.3) is 0 Å². The summed E-state index contributed by atoms with van der Waals surface area (Å²) < 4.78 is 16.9. The summed E-state index contributed by atoms with van der Waals surface area (Å²) in [5, 5.41) is 0. The number of para-hydroxylation sites is 1. The van der Waals surface area contributed by atoms with Gasteiger partial charge in [-0.3, -0.25) is 4.79 Å². The molecule has 0 N–H and O–H groups in total. The van der Waals surface area contributed by atoms with E-state index < -0.39 is 0 Å². The summed E-state index contributed by atoms with van der Waals surface area (Å²) in [6, 6.07) is 6.00. The first-order chi connectivity index (χ1) is 11.1. The highest BCUT2D eigenvalue weighted by atomic mass is 16.7. The van der Waals surface area contributed by atoms with Crippen molar-refractivity contribution >= 4 is 5.91 Å². The molecule has 126 valence electrons. The van der Waals surface area contributed by atoms with Gasteiger partial charge in [0.25, 0.3) is 5.91 Å². The van der Waals surface area contributed by atoms with Crippen molar-refractivity contribution in [1.82, 2.24) is 4.90 Å². The Bertz CT molecular complexity index is 526. The molecule has 2 heterocycles. The van der Waals surface area contributed by atoms with E-state index in [1.165, 1.54) is 0 Å². The van der Waals surface area contributed by atoms with Gasteiger partial charge in [0.05, 0.1) is 13.2 Å². The number of carbonyl (C=O) groups excluding carboxylic acids is 1. The van der Waals surface area contributed by atoms with Crippen molar-refractivity contribution in [2.24, 2.45) is 5.92 Å². The molecule has 3 rings (SSSR count). The third kappa shape index (κ3) is 3.85. The summed E-state index contributed by atoms with van der Waals surface area (Å²) in [4.78, 5) is 14.2. The molecule has 2 saturated heterocycles. The van der Waals surface area contributed by atoms with Crippen LogP contribution in [-0.2, 0) is 14.3 Å². The highest BCUT2D eigenvalue weighted by Gasteiger charge is 2.31. The fraction of sp³-hybridized carbons (Fsp3) is 0.611. The van der Waals surface area contributed by atoms with Crippen molar-refractivity contribution in [2.45, 2.75) is 33.0 Å². The Balaban J connectivity index is 1.48. The standard InChI is InChI=1S/C18H25NO4/c1-13-4-3-5-14(2)17(13)23-12-16(20)19-8-6-15(7-9-19)18-21-10-11-22-18/h3-5,15,18H,6-12H2,1-2H3.